The van der Waals surface area contributed by atoms with E-state index in [1.807, 2.05) is 26.0 Å². The fourth-order valence-electron chi connectivity index (χ4n) is 1.98. The second kappa shape index (κ2) is 4.53. The summed E-state index contributed by atoms with van der Waals surface area (Å²) < 4.78 is 0.952. The highest BCUT2D eigenvalue weighted by Crippen LogP contribution is 2.28. The van der Waals surface area contributed by atoms with Crippen LogP contribution in [0.25, 0.3) is 0 Å². The van der Waals surface area contributed by atoms with Gasteiger partial charge in [0.1, 0.15) is 5.78 Å². The molecule has 1 fully saturated rings. The van der Waals surface area contributed by atoms with Crippen molar-refractivity contribution in [3.05, 3.63) is 20.8 Å². The lowest BCUT2D eigenvalue weighted by atomic mass is 9.83. The van der Waals surface area contributed by atoms with E-state index < -0.39 is 5.41 Å². The van der Waals surface area contributed by atoms with Gasteiger partial charge in [-0.1, -0.05) is 13.8 Å². The molecule has 0 saturated carbocycles. The number of ketones is 1. The highest BCUT2D eigenvalue weighted by molar-refractivity contribution is 9.11. The van der Waals surface area contributed by atoms with Crippen molar-refractivity contribution in [2.24, 2.45) is 5.41 Å². The lowest BCUT2D eigenvalue weighted by molar-refractivity contribution is -0.130. The third-order valence-electron chi connectivity index (χ3n) is 3.02. The van der Waals surface area contributed by atoms with Crippen LogP contribution in [0.2, 0.25) is 0 Å². The van der Waals surface area contributed by atoms with Crippen molar-refractivity contribution in [2.45, 2.75) is 20.3 Å². The van der Waals surface area contributed by atoms with Gasteiger partial charge >= 0.3 is 0 Å². The van der Waals surface area contributed by atoms with Gasteiger partial charge in [-0.2, -0.15) is 0 Å². The molecule has 0 bridgehead atoms. The number of likely N-dealkylation sites (tertiary alicyclic amines) is 1. The van der Waals surface area contributed by atoms with Crippen molar-refractivity contribution in [2.75, 3.05) is 13.1 Å². The number of hydrogen-bond donors (Lipinski definition) is 0. The molecule has 0 aromatic carbocycles. The lowest BCUT2D eigenvalue weighted by Crippen LogP contribution is -2.48. The average molecular weight is 316 g/mol. The molecule has 0 unspecified atom stereocenters. The summed E-state index contributed by atoms with van der Waals surface area (Å²) >= 11 is 4.78. The van der Waals surface area contributed by atoms with E-state index in [4.69, 9.17) is 0 Å². The van der Waals surface area contributed by atoms with Gasteiger partial charge in [-0.3, -0.25) is 9.59 Å². The van der Waals surface area contributed by atoms with Gasteiger partial charge in [0.15, 0.2) is 0 Å². The number of carbonyl (C=O) groups excluding carboxylic acids is 2. The lowest BCUT2D eigenvalue weighted by Gasteiger charge is -2.36. The van der Waals surface area contributed by atoms with Crippen LogP contribution in [0.4, 0.5) is 0 Å². The van der Waals surface area contributed by atoms with Crippen LogP contribution in [0, 0.1) is 5.41 Å². The number of nitrogens with zero attached hydrogens (tertiary/aromatic N) is 1. The molecule has 1 aromatic rings. The first-order valence-corrected chi connectivity index (χ1v) is 7.09. The topological polar surface area (TPSA) is 37.4 Å². The Kier molecular flexibility index (Phi) is 3.41. The van der Waals surface area contributed by atoms with Crippen molar-refractivity contribution in [1.82, 2.24) is 4.90 Å². The average Bonchev–Trinajstić information content (AvgIpc) is 2.68. The third kappa shape index (κ3) is 2.60. The molecule has 1 amide bonds. The van der Waals surface area contributed by atoms with E-state index in [1.54, 1.807) is 4.90 Å². The van der Waals surface area contributed by atoms with Gasteiger partial charge in [0.05, 0.1) is 8.66 Å². The van der Waals surface area contributed by atoms with Gasteiger partial charge < -0.3 is 4.90 Å². The minimum atomic E-state index is -0.414. The van der Waals surface area contributed by atoms with Crippen LogP contribution in [-0.2, 0) is 4.79 Å². The quantitative estimate of drug-likeness (QED) is 0.799. The monoisotopic (exact) mass is 315 g/mol. The highest BCUT2D eigenvalue weighted by Gasteiger charge is 2.36. The van der Waals surface area contributed by atoms with E-state index in [0.717, 1.165) is 8.66 Å². The number of rotatable bonds is 1. The van der Waals surface area contributed by atoms with Crippen molar-refractivity contribution >= 4 is 39.0 Å². The van der Waals surface area contributed by atoms with E-state index in [9.17, 15) is 9.59 Å². The first-order valence-electron chi connectivity index (χ1n) is 5.48. The van der Waals surface area contributed by atoms with Gasteiger partial charge in [-0.15, -0.1) is 11.3 Å². The molecule has 1 aromatic heterocycles. The number of amides is 1. The molecular formula is C12H14BrNO2S. The summed E-state index contributed by atoms with van der Waals surface area (Å²) in [5, 5.41) is 0. The van der Waals surface area contributed by atoms with Crippen molar-refractivity contribution < 1.29 is 9.59 Å². The van der Waals surface area contributed by atoms with E-state index in [0.29, 0.717) is 19.5 Å². The molecule has 0 N–H and O–H groups in total. The van der Waals surface area contributed by atoms with Gasteiger partial charge in [0.25, 0.3) is 5.91 Å². The van der Waals surface area contributed by atoms with E-state index >= 15 is 0 Å². The van der Waals surface area contributed by atoms with Crippen LogP contribution in [0.3, 0.4) is 0 Å². The first-order chi connectivity index (χ1) is 7.90. The summed E-state index contributed by atoms with van der Waals surface area (Å²) in [6, 6.07) is 3.69. The summed E-state index contributed by atoms with van der Waals surface area (Å²) in [4.78, 5) is 26.4. The largest absolute Gasteiger partial charge is 0.337 e. The Labute approximate surface area is 113 Å². The highest BCUT2D eigenvalue weighted by atomic mass is 79.9. The van der Waals surface area contributed by atoms with Crippen molar-refractivity contribution in [3.63, 3.8) is 0 Å². The van der Waals surface area contributed by atoms with Crippen LogP contribution in [-0.4, -0.2) is 29.7 Å². The molecule has 1 aliphatic heterocycles. The van der Waals surface area contributed by atoms with Crippen LogP contribution in [0.5, 0.6) is 0 Å². The van der Waals surface area contributed by atoms with Gasteiger partial charge in [0, 0.05) is 24.9 Å². The van der Waals surface area contributed by atoms with Gasteiger partial charge in [0.2, 0.25) is 0 Å². The molecule has 1 aliphatic rings. The molecule has 0 aliphatic carbocycles. The maximum absolute atomic E-state index is 12.2. The second-order valence-corrected chi connectivity index (χ2v) is 7.35. The number of piperidine rings is 1. The van der Waals surface area contributed by atoms with Crippen molar-refractivity contribution in [3.8, 4) is 0 Å². The Morgan fingerprint density at radius 2 is 2.18 bits per heavy atom. The SMILES string of the molecule is CC1(C)CN(C(=O)c2ccc(Br)s2)CCC1=O. The van der Waals surface area contributed by atoms with E-state index in [1.165, 1.54) is 11.3 Å². The summed E-state index contributed by atoms with van der Waals surface area (Å²) in [5.74, 6) is 0.273. The first kappa shape index (κ1) is 12.8. The minimum Gasteiger partial charge on any atom is -0.337 e. The number of hydrogen-bond acceptors (Lipinski definition) is 3. The normalized spacial score (nSPS) is 19.5. The van der Waals surface area contributed by atoms with E-state index in [2.05, 4.69) is 15.9 Å². The molecule has 2 rings (SSSR count). The smallest absolute Gasteiger partial charge is 0.264 e. The number of Topliss-reactive ketones (excluding diaryl/α,β-unsaturated/α-hetero) is 1. The Morgan fingerprint density at radius 1 is 1.47 bits per heavy atom. The molecule has 0 atom stereocenters. The molecule has 0 spiro atoms. The fourth-order valence-corrected chi connectivity index (χ4v) is 3.33. The van der Waals surface area contributed by atoms with Crippen molar-refractivity contribution in [1.29, 1.82) is 0 Å². The number of thiophene rings is 1. The van der Waals surface area contributed by atoms with Crippen LogP contribution >= 0.6 is 27.3 Å². The number of carbonyl (C=O) groups is 2. The molecule has 1 saturated heterocycles. The molecule has 17 heavy (non-hydrogen) atoms. The Balaban J connectivity index is 2.14. The predicted octanol–water partition coefficient (Wildman–Crippen LogP) is 2.95. The summed E-state index contributed by atoms with van der Waals surface area (Å²) in [6.07, 6.45) is 0.464. The Morgan fingerprint density at radius 3 is 2.71 bits per heavy atom. The summed E-state index contributed by atoms with van der Waals surface area (Å²) in [6.45, 7) is 4.86. The molecule has 5 heteroatoms. The van der Waals surface area contributed by atoms with Crippen LogP contribution < -0.4 is 0 Å². The Bertz CT molecular complexity index is 467. The zero-order valence-corrected chi connectivity index (χ0v) is 12.2. The van der Waals surface area contributed by atoms with Gasteiger partial charge in [-0.05, 0) is 28.1 Å². The van der Waals surface area contributed by atoms with Gasteiger partial charge in [-0.25, -0.2) is 0 Å². The van der Waals surface area contributed by atoms with E-state index in [-0.39, 0.29) is 11.7 Å². The summed E-state index contributed by atoms with van der Waals surface area (Å²) in [5.41, 5.74) is -0.414. The molecular weight excluding hydrogens is 302 g/mol. The predicted molar refractivity (Wildman–Crippen MR) is 71.3 cm³/mol. The van der Waals surface area contributed by atoms with Crippen LogP contribution in [0.15, 0.2) is 15.9 Å². The number of halogens is 1. The molecule has 92 valence electrons. The minimum absolute atomic E-state index is 0.0290. The standard InChI is InChI=1S/C12H14BrNO2S/c1-12(2)7-14(6-5-9(12)15)11(16)8-3-4-10(13)17-8/h3-4H,5-7H2,1-2H3. The maximum atomic E-state index is 12.2. The summed E-state index contributed by atoms with van der Waals surface area (Å²) in [7, 11) is 0. The maximum Gasteiger partial charge on any atom is 0.264 e. The Hall–Kier alpha value is -0.680. The zero-order valence-electron chi connectivity index (χ0n) is 9.83. The molecule has 3 nitrogen and oxygen atoms in total. The third-order valence-corrected chi connectivity index (χ3v) is 4.63. The van der Waals surface area contributed by atoms with Crippen LogP contribution in [0.1, 0.15) is 29.9 Å². The zero-order chi connectivity index (χ0) is 12.6. The molecule has 0 radical (unpaired) electrons. The second-order valence-electron chi connectivity index (χ2n) is 4.89. The fraction of sp³-hybridized carbons (Fsp3) is 0.500. The molecule has 2 heterocycles.